The van der Waals surface area contributed by atoms with Crippen LogP contribution in [0.4, 0.5) is 13.2 Å². The maximum atomic E-state index is 13.5. The zero-order valence-electron chi connectivity index (χ0n) is 11.1. The molecule has 0 aliphatic rings. The van der Waals surface area contributed by atoms with Crippen molar-refractivity contribution in [3.05, 3.63) is 68.4 Å². The molecule has 1 nitrogen and oxygen atoms in total. The molecule has 2 aromatic rings. The van der Waals surface area contributed by atoms with E-state index in [4.69, 9.17) is 11.6 Å². The SMILES string of the molecule is CCNC(c1cc(F)c(F)cc1Cl)c1ccc(F)cc1Br. The summed E-state index contributed by atoms with van der Waals surface area (Å²) in [6, 6.07) is 5.71. The fourth-order valence-electron chi connectivity index (χ4n) is 2.09. The topological polar surface area (TPSA) is 12.0 Å². The lowest BCUT2D eigenvalue weighted by Gasteiger charge is -2.21. The third-order valence-electron chi connectivity index (χ3n) is 3.03. The van der Waals surface area contributed by atoms with Crippen molar-refractivity contribution in [1.82, 2.24) is 5.32 Å². The summed E-state index contributed by atoms with van der Waals surface area (Å²) in [4.78, 5) is 0. The molecule has 1 N–H and O–H groups in total. The van der Waals surface area contributed by atoms with Gasteiger partial charge in [0, 0.05) is 9.50 Å². The van der Waals surface area contributed by atoms with Crippen LogP contribution in [0.2, 0.25) is 5.02 Å². The summed E-state index contributed by atoms with van der Waals surface area (Å²) in [6.07, 6.45) is 0. The van der Waals surface area contributed by atoms with Crippen LogP contribution in [-0.2, 0) is 0 Å². The first kappa shape index (κ1) is 16.3. The molecule has 0 fully saturated rings. The second-order valence-electron chi connectivity index (χ2n) is 4.44. The molecular weight excluding hydrogens is 367 g/mol. The van der Waals surface area contributed by atoms with Crippen molar-refractivity contribution in [2.45, 2.75) is 13.0 Å². The Morgan fingerprint density at radius 2 is 1.76 bits per heavy atom. The Morgan fingerprint density at radius 1 is 1.10 bits per heavy atom. The highest BCUT2D eigenvalue weighted by Crippen LogP contribution is 2.34. The van der Waals surface area contributed by atoms with Gasteiger partial charge in [0.2, 0.25) is 0 Å². The molecule has 6 heteroatoms. The fourth-order valence-corrected chi connectivity index (χ4v) is 2.93. The molecule has 0 bridgehead atoms. The normalized spacial score (nSPS) is 12.5. The molecule has 0 radical (unpaired) electrons. The molecule has 2 aromatic carbocycles. The highest BCUT2D eigenvalue weighted by Gasteiger charge is 2.21. The van der Waals surface area contributed by atoms with Crippen LogP contribution in [0.3, 0.4) is 0 Å². The first-order chi connectivity index (χ1) is 9.93. The summed E-state index contributed by atoms with van der Waals surface area (Å²) in [5, 5.41) is 3.24. The lowest BCUT2D eigenvalue weighted by atomic mass is 9.98. The van der Waals surface area contributed by atoms with Gasteiger partial charge in [-0.25, -0.2) is 13.2 Å². The average molecular weight is 379 g/mol. The van der Waals surface area contributed by atoms with Gasteiger partial charge in [0.1, 0.15) is 5.82 Å². The quantitative estimate of drug-likeness (QED) is 0.719. The fraction of sp³-hybridized carbons (Fsp3) is 0.200. The van der Waals surface area contributed by atoms with E-state index >= 15 is 0 Å². The summed E-state index contributed by atoms with van der Waals surface area (Å²) in [5.41, 5.74) is 1.08. The molecule has 0 amide bonds. The Kier molecular flexibility index (Phi) is 5.30. The van der Waals surface area contributed by atoms with E-state index in [1.807, 2.05) is 6.92 Å². The molecule has 21 heavy (non-hydrogen) atoms. The molecule has 0 saturated carbocycles. The first-order valence-electron chi connectivity index (χ1n) is 6.26. The minimum Gasteiger partial charge on any atom is -0.306 e. The second-order valence-corrected chi connectivity index (χ2v) is 5.71. The number of hydrogen-bond acceptors (Lipinski definition) is 1. The molecule has 0 aromatic heterocycles. The van der Waals surface area contributed by atoms with Crippen LogP contribution in [0.15, 0.2) is 34.8 Å². The zero-order valence-corrected chi connectivity index (χ0v) is 13.4. The van der Waals surface area contributed by atoms with Crippen molar-refractivity contribution in [3.8, 4) is 0 Å². The predicted molar refractivity (Wildman–Crippen MR) is 81.0 cm³/mol. The van der Waals surface area contributed by atoms with Crippen molar-refractivity contribution >= 4 is 27.5 Å². The minimum atomic E-state index is -1.00. The van der Waals surface area contributed by atoms with Crippen LogP contribution >= 0.6 is 27.5 Å². The summed E-state index contributed by atoms with van der Waals surface area (Å²) < 4.78 is 40.4. The van der Waals surface area contributed by atoms with E-state index in [-0.39, 0.29) is 5.02 Å². The van der Waals surface area contributed by atoms with Crippen molar-refractivity contribution < 1.29 is 13.2 Å². The third-order valence-corrected chi connectivity index (χ3v) is 4.05. The van der Waals surface area contributed by atoms with Crippen LogP contribution in [0.25, 0.3) is 0 Å². The lowest BCUT2D eigenvalue weighted by Crippen LogP contribution is -2.23. The van der Waals surface area contributed by atoms with E-state index in [1.165, 1.54) is 12.1 Å². The van der Waals surface area contributed by atoms with Gasteiger partial charge < -0.3 is 5.32 Å². The van der Waals surface area contributed by atoms with E-state index in [9.17, 15) is 13.2 Å². The summed E-state index contributed by atoms with van der Waals surface area (Å²) in [7, 11) is 0. The van der Waals surface area contributed by atoms with Gasteiger partial charge in [-0.1, -0.05) is 40.5 Å². The first-order valence-corrected chi connectivity index (χ1v) is 7.44. The molecule has 0 saturated heterocycles. The molecule has 112 valence electrons. The Balaban J connectivity index is 2.55. The van der Waals surface area contributed by atoms with Crippen LogP contribution < -0.4 is 5.32 Å². The average Bonchev–Trinajstić information content (AvgIpc) is 2.41. The van der Waals surface area contributed by atoms with Gasteiger partial charge in [-0.2, -0.15) is 0 Å². The van der Waals surface area contributed by atoms with Crippen LogP contribution in [0, 0.1) is 17.5 Å². The van der Waals surface area contributed by atoms with E-state index in [1.54, 1.807) is 6.07 Å². The van der Waals surface area contributed by atoms with Gasteiger partial charge in [0.25, 0.3) is 0 Å². The maximum absolute atomic E-state index is 13.5. The largest absolute Gasteiger partial charge is 0.306 e. The predicted octanol–water partition coefficient (Wildman–Crippen LogP) is 5.22. The zero-order chi connectivity index (χ0) is 15.6. The van der Waals surface area contributed by atoms with Gasteiger partial charge in [-0.05, 0) is 41.9 Å². The monoisotopic (exact) mass is 377 g/mol. The standard InChI is InChI=1S/C15H12BrClF3N/c1-2-21-15(9-4-3-8(18)5-11(9)16)10-6-13(19)14(20)7-12(10)17/h3-7,15,21H,2H2,1H3. The number of benzene rings is 2. The second kappa shape index (κ2) is 6.81. The van der Waals surface area contributed by atoms with E-state index in [0.717, 1.165) is 12.1 Å². The Hall–Kier alpha value is -1.04. The van der Waals surface area contributed by atoms with E-state index in [0.29, 0.717) is 22.1 Å². The summed E-state index contributed by atoms with van der Waals surface area (Å²) in [5.74, 6) is -2.37. The Bertz CT molecular complexity index is 664. The number of nitrogens with one attached hydrogen (secondary N) is 1. The Labute approximate surface area is 134 Å². The van der Waals surface area contributed by atoms with Crippen molar-refractivity contribution in [2.75, 3.05) is 6.54 Å². The van der Waals surface area contributed by atoms with E-state index < -0.39 is 23.5 Å². The van der Waals surface area contributed by atoms with E-state index in [2.05, 4.69) is 21.2 Å². The van der Waals surface area contributed by atoms with Crippen molar-refractivity contribution in [3.63, 3.8) is 0 Å². The molecule has 0 spiro atoms. The maximum Gasteiger partial charge on any atom is 0.160 e. The molecule has 0 heterocycles. The van der Waals surface area contributed by atoms with Crippen molar-refractivity contribution in [1.29, 1.82) is 0 Å². The molecule has 2 rings (SSSR count). The van der Waals surface area contributed by atoms with Gasteiger partial charge in [-0.15, -0.1) is 0 Å². The van der Waals surface area contributed by atoms with Crippen LogP contribution in [-0.4, -0.2) is 6.54 Å². The smallest absolute Gasteiger partial charge is 0.160 e. The van der Waals surface area contributed by atoms with Gasteiger partial charge in [0.15, 0.2) is 11.6 Å². The molecule has 1 unspecified atom stereocenters. The molecule has 1 atom stereocenters. The van der Waals surface area contributed by atoms with Crippen molar-refractivity contribution in [2.24, 2.45) is 0 Å². The third kappa shape index (κ3) is 3.59. The number of hydrogen-bond donors (Lipinski definition) is 1. The minimum absolute atomic E-state index is 0.107. The van der Waals surface area contributed by atoms with Gasteiger partial charge in [-0.3, -0.25) is 0 Å². The number of rotatable bonds is 4. The highest BCUT2D eigenvalue weighted by molar-refractivity contribution is 9.10. The summed E-state index contributed by atoms with van der Waals surface area (Å²) >= 11 is 9.31. The highest BCUT2D eigenvalue weighted by atomic mass is 79.9. The number of halogens is 5. The molecular formula is C15H12BrClF3N. The lowest BCUT2D eigenvalue weighted by molar-refractivity contribution is 0.504. The molecule has 0 aliphatic carbocycles. The summed E-state index contributed by atoms with van der Waals surface area (Å²) in [6.45, 7) is 2.45. The molecule has 0 aliphatic heterocycles. The van der Waals surface area contributed by atoms with Crippen LogP contribution in [0.5, 0.6) is 0 Å². The van der Waals surface area contributed by atoms with Gasteiger partial charge in [0.05, 0.1) is 6.04 Å². The van der Waals surface area contributed by atoms with Crippen LogP contribution in [0.1, 0.15) is 24.1 Å². The Morgan fingerprint density at radius 3 is 2.38 bits per heavy atom. The van der Waals surface area contributed by atoms with Gasteiger partial charge >= 0.3 is 0 Å².